The van der Waals surface area contributed by atoms with E-state index >= 15 is 0 Å². The molecule has 0 spiro atoms. The maximum atomic E-state index is 14.3. The van der Waals surface area contributed by atoms with Crippen molar-refractivity contribution in [1.29, 1.82) is 0 Å². The Kier molecular flexibility index (Phi) is 8.45. The molecule has 0 fully saturated rings. The standard InChI is InChI=1S/C24H30BrFN4O3/c1-28(2)9-10-33-22-12-18(25)19(26)13-20(22)27-24(32)21-11-16-7-5-6-8-17(16)14-30(21)23(31)15-29(3)4/h5-8,12-13,21H,9-11,14-15H2,1-4H3,(H,27,32)/t21-/m1/s1. The molecular formula is C24H30BrFN4O3. The van der Waals surface area contributed by atoms with E-state index in [-0.39, 0.29) is 28.5 Å². The summed E-state index contributed by atoms with van der Waals surface area (Å²) in [5.74, 6) is -0.671. The molecule has 178 valence electrons. The molecule has 2 aromatic carbocycles. The molecule has 0 aliphatic carbocycles. The number of nitrogens with zero attached hydrogens (tertiary/aromatic N) is 3. The third-order valence-corrected chi connectivity index (χ3v) is 6.01. The van der Waals surface area contributed by atoms with Gasteiger partial charge in [-0.05, 0) is 61.3 Å². The van der Waals surface area contributed by atoms with Gasteiger partial charge in [-0.25, -0.2) is 4.39 Å². The lowest BCUT2D eigenvalue weighted by Gasteiger charge is -2.36. The number of hydrogen-bond acceptors (Lipinski definition) is 5. The van der Waals surface area contributed by atoms with E-state index in [4.69, 9.17) is 4.74 Å². The van der Waals surface area contributed by atoms with Crippen LogP contribution in [0.15, 0.2) is 40.9 Å². The zero-order chi connectivity index (χ0) is 24.1. The van der Waals surface area contributed by atoms with Crippen LogP contribution in [0.4, 0.5) is 10.1 Å². The number of hydrogen-bond donors (Lipinski definition) is 1. The van der Waals surface area contributed by atoms with Crippen molar-refractivity contribution in [3.8, 4) is 5.75 Å². The van der Waals surface area contributed by atoms with Crippen molar-refractivity contribution < 1.29 is 18.7 Å². The first kappa shape index (κ1) is 25.1. The second-order valence-corrected chi connectivity index (χ2v) is 9.51. The molecule has 0 saturated carbocycles. The molecular weight excluding hydrogens is 491 g/mol. The van der Waals surface area contributed by atoms with E-state index < -0.39 is 11.9 Å². The molecule has 7 nitrogen and oxygen atoms in total. The van der Waals surface area contributed by atoms with Gasteiger partial charge in [0.2, 0.25) is 11.8 Å². The Labute approximate surface area is 202 Å². The van der Waals surface area contributed by atoms with Crippen LogP contribution in [0.2, 0.25) is 0 Å². The molecule has 1 aliphatic rings. The van der Waals surface area contributed by atoms with Crippen molar-refractivity contribution in [2.45, 2.75) is 19.0 Å². The molecule has 1 aliphatic heterocycles. The lowest BCUT2D eigenvalue weighted by atomic mass is 9.93. The van der Waals surface area contributed by atoms with Gasteiger partial charge < -0.3 is 24.8 Å². The number of nitrogens with one attached hydrogen (secondary N) is 1. The van der Waals surface area contributed by atoms with Gasteiger partial charge in [0.1, 0.15) is 24.2 Å². The van der Waals surface area contributed by atoms with Gasteiger partial charge in [0.05, 0.1) is 16.7 Å². The van der Waals surface area contributed by atoms with Crippen LogP contribution in [0, 0.1) is 5.82 Å². The van der Waals surface area contributed by atoms with Gasteiger partial charge in [0.15, 0.2) is 0 Å². The number of rotatable bonds is 8. The molecule has 0 radical (unpaired) electrons. The number of amides is 2. The van der Waals surface area contributed by atoms with Crippen LogP contribution in [0.1, 0.15) is 11.1 Å². The van der Waals surface area contributed by atoms with Gasteiger partial charge in [0, 0.05) is 25.6 Å². The van der Waals surface area contributed by atoms with Gasteiger partial charge >= 0.3 is 0 Å². The molecule has 1 atom stereocenters. The lowest BCUT2D eigenvalue weighted by molar-refractivity contribution is -0.140. The van der Waals surface area contributed by atoms with Gasteiger partial charge in [-0.1, -0.05) is 24.3 Å². The first-order valence-electron chi connectivity index (χ1n) is 10.7. The van der Waals surface area contributed by atoms with E-state index in [0.717, 1.165) is 11.1 Å². The van der Waals surface area contributed by atoms with E-state index in [1.165, 1.54) is 12.1 Å². The Morgan fingerprint density at radius 2 is 1.85 bits per heavy atom. The molecule has 33 heavy (non-hydrogen) atoms. The van der Waals surface area contributed by atoms with Crippen molar-refractivity contribution in [1.82, 2.24) is 14.7 Å². The van der Waals surface area contributed by atoms with Crippen LogP contribution in [0.5, 0.6) is 5.75 Å². The predicted molar refractivity (Wildman–Crippen MR) is 130 cm³/mol. The highest BCUT2D eigenvalue weighted by molar-refractivity contribution is 9.10. The fourth-order valence-corrected chi connectivity index (χ4v) is 4.00. The summed E-state index contributed by atoms with van der Waals surface area (Å²) in [6.07, 6.45) is 0.386. The molecule has 1 heterocycles. The fraction of sp³-hybridized carbons (Fsp3) is 0.417. The minimum Gasteiger partial charge on any atom is -0.490 e. The zero-order valence-electron chi connectivity index (χ0n) is 19.4. The Hall–Kier alpha value is -2.49. The van der Waals surface area contributed by atoms with Gasteiger partial charge in [-0.2, -0.15) is 0 Å². The molecule has 1 N–H and O–H groups in total. The maximum absolute atomic E-state index is 14.3. The fourth-order valence-electron chi connectivity index (χ4n) is 3.68. The number of anilines is 1. The number of fused-ring (bicyclic) bond motifs is 1. The number of likely N-dealkylation sites (N-methyl/N-ethyl adjacent to an activating group) is 2. The Morgan fingerprint density at radius 3 is 2.52 bits per heavy atom. The van der Waals surface area contributed by atoms with Crippen molar-refractivity contribution >= 4 is 33.4 Å². The van der Waals surface area contributed by atoms with Crippen LogP contribution < -0.4 is 10.1 Å². The second kappa shape index (κ2) is 11.1. The van der Waals surface area contributed by atoms with Crippen molar-refractivity contribution in [3.63, 3.8) is 0 Å². The first-order chi connectivity index (χ1) is 15.7. The topological polar surface area (TPSA) is 65.1 Å². The van der Waals surface area contributed by atoms with E-state index in [2.05, 4.69) is 21.2 Å². The SMILES string of the molecule is CN(C)CCOc1cc(Br)c(F)cc1NC(=O)[C@H]1Cc2ccccc2CN1C(=O)CN(C)C. The molecule has 3 rings (SSSR count). The average molecular weight is 521 g/mol. The largest absolute Gasteiger partial charge is 0.490 e. The zero-order valence-corrected chi connectivity index (χ0v) is 21.0. The summed E-state index contributed by atoms with van der Waals surface area (Å²) >= 11 is 3.18. The van der Waals surface area contributed by atoms with Gasteiger partial charge in [0.25, 0.3) is 0 Å². The maximum Gasteiger partial charge on any atom is 0.247 e. The molecule has 0 saturated heterocycles. The molecule has 9 heteroatoms. The highest BCUT2D eigenvalue weighted by Crippen LogP contribution is 2.32. The molecule has 2 aromatic rings. The average Bonchev–Trinajstić information content (AvgIpc) is 2.75. The third-order valence-electron chi connectivity index (χ3n) is 5.40. The summed E-state index contributed by atoms with van der Waals surface area (Å²) in [7, 11) is 7.47. The highest BCUT2D eigenvalue weighted by atomic mass is 79.9. The van der Waals surface area contributed by atoms with Crippen molar-refractivity contribution in [2.75, 3.05) is 53.2 Å². The Bertz CT molecular complexity index is 1020. The number of carbonyl (C=O) groups excluding carboxylic acids is 2. The summed E-state index contributed by atoms with van der Waals surface area (Å²) in [6, 6.07) is 9.82. The quantitative estimate of drug-likeness (QED) is 0.579. The lowest BCUT2D eigenvalue weighted by Crippen LogP contribution is -2.52. The molecule has 0 aromatic heterocycles. The highest BCUT2D eigenvalue weighted by Gasteiger charge is 2.35. The van der Waals surface area contributed by atoms with Crippen LogP contribution in [0.25, 0.3) is 0 Å². The minimum absolute atomic E-state index is 0.140. The Balaban J connectivity index is 1.86. The predicted octanol–water partition coefficient (Wildman–Crippen LogP) is 2.98. The third kappa shape index (κ3) is 6.52. The minimum atomic E-state index is -0.714. The Morgan fingerprint density at radius 1 is 1.15 bits per heavy atom. The number of halogens is 2. The van der Waals surface area contributed by atoms with E-state index in [9.17, 15) is 14.0 Å². The van der Waals surface area contributed by atoms with Crippen LogP contribution in [-0.4, -0.2) is 80.4 Å². The van der Waals surface area contributed by atoms with Crippen LogP contribution >= 0.6 is 15.9 Å². The van der Waals surface area contributed by atoms with E-state index in [0.29, 0.717) is 31.9 Å². The van der Waals surface area contributed by atoms with Crippen LogP contribution in [0.3, 0.4) is 0 Å². The van der Waals surface area contributed by atoms with Crippen LogP contribution in [-0.2, 0) is 22.6 Å². The summed E-state index contributed by atoms with van der Waals surface area (Å²) in [6.45, 7) is 1.58. The summed E-state index contributed by atoms with van der Waals surface area (Å²) in [4.78, 5) is 31.7. The number of benzene rings is 2. The molecule has 0 unspecified atom stereocenters. The smallest absolute Gasteiger partial charge is 0.247 e. The monoisotopic (exact) mass is 520 g/mol. The molecule has 0 bridgehead atoms. The summed E-state index contributed by atoms with van der Waals surface area (Å²) in [5, 5.41) is 2.81. The summed E-state index contributed by atoms with van der Waals surface area (Å²) in [5.41, 5.74) is 2.28. The number of ether oxygens (including phenoxy) is 1. The second-order valence-electron chi connectivity index (χ2n) is 8.65. The van der Waals surface area contributed by atoms with Gasteiger partial charge in [-0.3, -0.25) is 9.59 Å². The van der Waals surface area contributed by atoms with Crippen molar-refractivity contribution in [2.24, 2.45) is 0 Å². The van der Waals surface area contributed by atoms with E-state index in [1.54, 1.807) is 9.80 Å². The van der Waals surface area contributed by atoms with E-state index in [1.807, 2.05) is 57.4 Å². The number of carbonyl (C=O) groups is 2. The van der Waals surface area contributed by atoms with Gasteiger partial charge in [-0.15, -0.1) is 0 Å². The van der Waals surface area contributed by atoms with Crippen molar-refractivity contribution in [3.05, 3.63) is 57.8 Å². The molecule has 2 amide bonds. The summed E-state index contributed by atoms with van der Waals surface area (Å²) < 4.78 is 20.4. The first-order valence-corrected chi connectivity index (χ1v) is 11.5. The normalized spacial score (nSPS) is 15.5.